The van der Waals surface area contributed by atoms with E-state index in [0.29, 0.717) is 18.2 Å². The Bertz CT molecular complexity index is 583. The molecule has 1 unspecified atom stereocenters. The molecule has 21 heavy (non-hydrogen) atoms. The van der Waals surface area contributed by atoms with Crippen LogP contribution in [-0.2, 0) is 0 Å². The number of benzene rings is 1. The highest BCUT2D eigenvalue weighted by Crippen LogP contribution is 2.18. The topological polar surface area (TPSA) is 49.6 Å². The van der Waals surface area contributed by atoms with Crippen LogP contribution in [0.1, 0.15) is 27.9 Å². The smallest absolute Gasteiger partial charge is 0.253 e. The van der Waals surface area contributed by atoms with Crippen molar-refractivity contribution in [1.82, 2.24) is 9.80 Å². The summed E-state index contributed by atoms with van der Waals surface area (Å²) >= 11 is 0. The van der Waals surface area contributed by atoms with E-state index in [-0.39, 0.29) is 5.91 Å². The van der Waals surface area contributed by atoms with Crippen LogP contribution < -0.4 is 5.73 Å². The SMILES string of the molecule is Cc1ccc(C(=O)N2CCC(N(C)C)C2)cc1C#CCN. The lowest BCUT2D eigenvalue weighted by Crippen LogP contribution is -2.34. The van der Waals surface area contributed by atoms with Crippen LogP contribution in [0, 0.1) is 18.8 Å². The van der Waals surface area contributed by atoms with E-state index >= 15 is 0 Å². The summed E-state index contributed by atoms with van der Waals surface area (Å²) in [6.45, 7) is 3.93. The summed E-state index contributed by atoms with van der Waals surface area (Å²) in [5.74, 6) is 5.97. The molecule has 0 spiro atoms. The number of carbonyl (C=O) groups excluding carboxylic acids is 1. The van der Waals surface area contributed by atoms with Crippen LogP contribution in [-0.4, -0.2) is 55.5 Å². The second-order valence-corrected chi connectivity index (χ2v) is 5.69. The quantitative estimate of drug-likeness (QED) is 0.827. The fourth-order valence-corrected chi connectivity index (χ4v) is 2.57. The average molecular weight is 285 g/mol. The predicted octanol–water partition coefficient (Wildman–Crippen LogP) is 1.08. The molecule has 0 radical (unpaired) electrons. The minimum Gasteiger partial charge on any atom is -0.337 e. The maximum absolute atomic E-state index is 12.6. The average Bonchev–Trinajstić information content (AvgIpc) is 2.95. The Morgan fingerprint density at radius 3 is 2.86 bits per heavy atom. The summed E-state index contributed by atoms with van der Waals surface area (Å²) in [4.78, 5) is 16.7. The summed E-state index contributed by atoms with van der Waals surface area (Å²) < 4.78 is 0. The molecule has 1 amide bonds. The highest BCUT2D eigenvalue weighted by Gasteiger charge is 2.28. The first kappa shape index (κ1) is 15.6. The van der Waals surface area contributed by atoms with E-state index in [1.807, 2.05) is 30.0 Å². The van der Waals surface area contributed by atoms with Gasteiger partial charge < -0.3 is 15.5 Å². The van der Waals surface area contributed by atoms with Gasteiger partial charge in [0.25, 0.3) is 5.91 Å². The van der Waals surface area contributed by atoms with Crippen molar-refractivity contribution in [3.8, 4) is 11.8 Å². The highest BCUT2D eigenvalue weighted by atomic mass is 16.2. The van der Waals surface area contributed by atoms with Gasteiger partial charge in [0, 0.05) is 30.3 Å². The first-order valence-corrected chi connectivity index (χ1v) is 7.28. The van der Waals surface area contributed by atoms with Crippen LogP contribution in [0.5, 0.6) is 0 Å². The molecule has 0 saturated carbocycles. The fourth-order valence-electron chi connectivity index (χ4n) is 2.57. The van der Waals surface area contributed by atoms with Gasteiger partial charge in [-0.05, 0) is 45.1 Å². The fraction of sp³-hybridized carbons (Fsp3) is 0.471. The van der Waals surface area contributed by atoms with Crippen molar-refractivity contribution in [3.05, 3.63) is 34.9 Å². The van der Waals surface area contributed by atoms with Crippen molar-refractivity contribution in [2.45, 2.75) is 19.4 Å². The van der Waals surface area contributed by atoms with E-state index in [2.05, 4.69) is 30.8 Å². The zero-order valence-corrected chi connectivity index (χ0v) is 13.0. The van der Waals surface area contributed by atoms with Crippen molar-refractivity contribution in [2.75, 3.05) is 33.7 Å². The monoisotopic (exact) mass is 285 g/mol. The molecule has 1 fully saturated rings. The maximum Gasteiger partial charge on any atom is 0.253 e. The molecule has 2 rings (SSSR count). The number of hydrogen-bond donors (Lipinski definition) is 1. The van der Waals surface area contributed by atoms with Crippen LogP contribution in [0.2, 0.25) is 0 Å². The lowest BCUT2D eigenvalue weighted by molar-refractivity contribution is 0.0783. The standard InChI is InChI=1S/C17H23N3O/c1-13-6-7-15(11-14(13)5-4-9-18)17(21)20-10-8-16(12-20)19(2)3/h6-7,11,16H,8-10,12,18H2,1-3H3. The molecule has 0 aromatic heterocycles. The van der Waals surface area contributed by atoms with Gasteiger partial charge in [-0.2, -0.15) is 0 Å². The number of nitrogens with zero attached hydrogens (tertiary/aromatic N) is 2. The first-order chi connectivity index (χ1) is 10.0. The number of aryl methyl sites for hydroxylation is 1. The molecule has 4 heteroatoms. The Morgan fingerprint density at radius 1 is 1.48 bits per heavy atom. The van der Waals surface area contributed by atoms with Gasteiger partial charge in [-0.1, -0.05) is 17.9 Å². The Balaban J connectivity index is 2.17. The molecular weight excluding hydrogens is 262 g/mol. The van der Waals surface area contributed by atoms with E-state index in [0.717, 1.165) is 30.6 Å². The molecular formula is C17H23N3O. The Kier molecular flexibility index (Phi) is 5.00. The molecule has 0 bridgehead atoms. The molecule has 2 N–H and O–H groups in total. The van der Waals surface area contributed by atoms with Gasteiger partial charge >= 0.3 is 0 Å². The Morgan fingerprint density at radius 2 is 2.24 bits per heavy atom. The Labute approximate surface area is 126 Å². The third-order valence-electron chi connectivity index (χ3n) is 3.99. The number of carbonyl (C=O) groups is 1. The third-order valence-corrected chi connectivity index (χ3v) is 3.99. The van der Waals surface area contributed by atoms with Crippen molar-refractivity contribution >= 4 is 5.91 Å². The number of amides is 1. The molecule has 1 atom stereocenters. The number of rotatable bonds is 2. The molecule has 1 saturated heterocycles. The van der Waals surface area contributed by atoms with Crippen LogP contribution in [0.25, 0.3) is 0 Å². The summed E-state index contributed by atoms with van der Waals surface area (Å²) in [6.07, 6.45) is 1.03. The van der Waals surface area contributed by atoms with Crippen molar-refractivity contribution < 1.29 is 4.79 Å². The predicted molar refractivity (Wildman–Crippen MR) is 85.1 cm³/mol. The van der Waals surface area contributed by atoms with Crippen LogP contribution in [0.4, 0.5) is 0 Å². The molecule has 1 heterocycles. The van der Waals surface area contributed by atoms with Crippen LogP contribution in [0.3, 0.4) is 0 Å². The lowest BCUT2D eigenvalue weighted by atomic mass is 10.0. The van der Waals surface area contributed by atoms with Gasteiger partial charge in [0.05, 0.1) is 6.54 Å². The normalized spacial score (nSPS) is 17.8. The molecule has 112 valence electrons. The van der Waals surface area contributed by atoms with Gasteiger partial charge in [0.15, 0.2) is 0 Å². The Hall–Kier alpha value is -1.83. The number of likely N-dealkylation sites (tertiary alicyclic amines) is 1. The number of nitrogens with two attached hydrogens (primary N) is 1. The molecule has 1 aliphatic heterocycles. The van der Waals surface area contributed by atoms with E-state index in [1.54, 1.807) is 0 Å². The molecule has 1 aromatic carbocycles. The summed E-state index contributed by atoms with van der Waals surface area (Å²) in [7, 11) is 4.12. The lowest BCUT2D eigenvalue weighted by Gasteiger charge is -2.20. The largest absolute Gasteiger partial charge is 0.337 e. The van der Waals surface area contributed by atoms with Crippen LogP contribution >= 0.6 is 0 Å². The van der Waals surface area contributed by atoms with E-state index in [9.17, 15) is 4.79 Å². The minimum absolute atomic E-state index is 0.0927. The van der Waals surface area contributed by atoms with Gasteiger partial charge in [-0.3, -0.25) is 4.79 Å². The maximum atomic E-state index is 12.6. The molecule has 0 aliphatic carbocycles. The molecule has 1 aromatic rings. The second kappa shape index (κ2) is 6.75. The first-order valence-electron chi connectivity index (χ1n) is 7.28. The summed E-state index contributed by atoms with van der Waals surface area (Å²) in [5.41, 5.74) is 8.08. The highest BCUT2D eigenvalue weighted by molar-refractivity contribution is 5.95. The summed E-state index contributed by atoms with van der Waals surface area (Å²) in [6, 6.07) is 6.17. The zero-order valence-electron chi connectivity index (χ0n) is 13.0. The van der Waals surface area contributed by atoms with Gasteiger partial charge in [0.1, 0.15) is 0 Å². The molecule has 4 nitrogen and oxygen atoms in total. The third kappa shape index (κ3) is 3.63. The van der Waals surface area contributed by atoms with Crippen LogP contribution in [0.15, 0.2) is 18.2 Å². The molecule has 1 aliphatic rings. The zero-order chi connectivity index (χ0) is 15.4. The van der Waals surface area contributed by atoms with Crippen molar-refractivity contribution in [2.24, 2.45) is 5.73 Å². The minimum atomic E-state index is 0.0927. The van der Waals surface area contributed by atoms with E-state index in [4.69, 9.17) is 5.73 Å². The second-order valence-electron chi connectivity index (χ2n) is 5.69. The van der Waals surface area contributed by atoms with Gasteiger partial charge in [-0.25, -0.2) is 0 Å². The van der Waals surface area contributed by atoms with Gasteiger partial charge in [0.2, 0.25) is 0 Å². The van der Waals surface area contributed by atoms with Crippen molar-refractivity contribution in [3.63, 3.8) is 0 Å². The van der Waals surface area contributed by atoms with Crippen molar-refractivity contribution in [1.29, 1.82) is 0 Å². The van der Waals surface area contributed by atoms with Gasteiger partial charge in [-0.15, -0.1) is 0 Å². The number of likely N-dealkylation sites (N-methyl/N-ethyl adjacent to an activating group) is 1. The number of hydrogen-bond acceptors (Lipinski definition) is 3. The van der Waals surface area contributed by atoms with E-state index in [1.165, 1.54) is 0 Å². The van der Waals surface area contributed by atoms with E-state index < -0.39 is 0 Å². The summed E-state index contributed by atoms with van der Waals surface area (Å²) in [5, 5.41) is 0.